The summed E-state index contributed by atoms with van der Waals surface area (Å²) in [4.78, 5) is 24.9. The van der Waals surface area contributed by atoms with Crippen LogP contribution in [0.4, 0.5) is 5.69 Å². The average Bonchev–Trinajstić information content (AvgIpc) is 3.20. The second-order valence-electron chi connectivity index (χ2n) is 6.54. The third kappa shape index (κ3) is 4.40. The van der Waals surface area contributed by atoms with E-state index in [0.29, 0.717) is 24.4 Å². The van der Waals surface area contributed by atoms with Crippen molar-refractivity contribution in [3.05, 3.63) is 23.8 Å². The first kappa shape index (κ1) is 18.8. The van der Waals surface area contributed by atoms with Crippen LogP contribution in [0.3, 0.4) is 0 Å². The Bertz CT molecular complexity index is 803. The molecule has 1 fully saturated rings. The number of carbonyl (C=O) groups is 2. The summed E-state index contributed by atoms with van der Waals surface area (Å²) in [6.07, 6.45) is 2.10. The van der Waals surface area contributed by atoms with Gasteiger partial charge in [-0.1, -0.05) is 0 Å². The Morgan fingerprint density at radius 2 is 2.23 bits per heavy atom. The molecule has 0 saturated carbocycles. The number of nitrogens with zero attached hydrogens (tertiary/aromatic N) is 1. The van der Waals surface area contributed by atoms with Gasteiger partial charge in [-0.25, -0.2) is 13.1 Å². The molecule has 0 aliphatic carbocycles. The van der Waals surface area contributed by atoms with E-state index < -0.39 is 10.0 Å². The van der Waals surface area contributed by atoms with Crippen LogP contribution in [0.2, 0.25) is 0 Å². The number of nitrogens with one attached hydrogen (secondary N) is 2. The minimum Gasteiger partial charge on any atom is -0.376 e. The molecule has 0 bridgehead atoms. The number of sulfonamides is 1. The van der Waals surface area contributed by atoms with E-state index in [9.17, 15) is 18.0 Å². The van der Waals surface area contributed by atoms with Crippen LogP contribution in [-0.4, -0.2) is 57.5 Å². The van der Waals surface area contributed by atoms with Crippen molar-refractivity contribution in [3.63, 3.8) is 0 Å². The van der Waals surface area contributed by atoms with E-state index in [2.05, 4.69) is 10.0 Å². The van der Waals surface area contributed by atoms with Gasteiger partial charge >= 0.3 is 0 Å². The maximum absolute atomic E-state index is 12.5. The number of hydrogen-bond acceptors (Lipinski definition) is 5. The lowest BCUT2D eigenvalue weighted by Gasteiger charge is -2.24. The summed E-state index contributed by atoms with van der Waals surface area (Å²) in [6, 6.07) is 4.56. The van der Waals surface area contributed by atoms with E-state index in [1.165, 1.54) is 19.1 Å². The molecule has 1 aromatic rings. The van der Waals surface area contributed by atoms with Crippen LogP contribution in [-0.2, 0) is 30.8 Å². The molecular weight excluding hydrogens is 358 g/mol. The van der Waals surface area contributed by atoms with Gasteiger partial charge in [0.1, 0.15) is 0 Å². The maximum Gasteiger partial charge on any atom is 0.240 e. The van der Waals surface area contributed by atoms with Crippen molar-refractivity contribution in [2.24, 2.45) is 0 Å². The fraction of sp³-hybridized carbons (Fsp3) is 0.529. The molecule has 1 saturated heterocycles. The number of carbonyl (C=O) groups excluding carboxylic acids is 2. The zero-order valence-corrected chi connectivity index (χ0v) is 15.5. The van der Waals surface area contributed by atoms with Gasteiger partial charge in [-0.3, -0.25) is 9.59 Å². The Labute approximate surface area is 152 Å². The molecule has 142 valence electrons. The Kier molecular flexibility index (Phi) is 5.59. The Balaban J connectivity index is 1.58. The zero-order valence-electron chi connectivity index (χ0n) is 14.7. The molecule has 0 radical (unpaired) electrons. The second-order valence-corrected chi connectivity index (χ2v) is 8.31. The third-order valence-electron chi connectivity index (χ3n) is 4.58. The molecule has 0 spiro atoms. The van der Waals surface area contributed by atoms with E-state index in [0.717, 1.165) is 12.8 Å². The van der Waals surface area contributed by atoms with Crippen molar-refractivity contribution in [2.45, 2.75) is 37.2 Å². The molecule has 26 heavy (non-hydrogen) atoms. The SMILES string of the molecule is CC(=O)N(CCNS(=O)(=O)c1ccc2c(c1)CC(=O)N2)CC1CCCO1. The number of fused-ring (bicyclic) bond motifs is 1. The highest BCUT2D eigenvalue weighted by atomic mass is 32.2. The molecule has 2 amide bonds. The Morgan fingerprint density at radius 3 is 2.92 bits per heavy atom. The molecule has 2 N–H and O–H groups in total. The molecular formula is C17H23N3O5S. The van der Waals surface area contributed by atoms with Crippen molar-refractivity contribution >= 4 is 27.5 Å². The summed E-state index contributed by atoms with van der Waals surface area (Å²) in [6.45, 7) is 3.04. The molecule has 1 aromatic carbocycles. The Hall–Kier alpha value is -1.97. The van der Waals surface area contributed by atoms with Crippen LogP contribution in [0, 0.1) is 0 Å². The average molecular weight is 381 g/mol. The van der Waals surface area contributed by atoms with E-state index in [-0.39, 0.29) is 42.3 Å². The summed E-state index contributed by atoms with van der Waals surface area (Å²) < 4.78 is 33.0. The van der Waals surface area contributed by atoms with Crippen molar-refractivity contribution in [3.8, 4) is 0 Å². The molecule has 0 aromatic heterocycles. The number of amides is 2. The molecule has 1 atom stereocenters. The van der Waals surface area contributed by atoms with Crippen molar-refractivity contribution < 1.29 is 22.7 Å². The minimum absolute atomic E-state index is 0.0252. The summed E-state index contributed by atoms with van der Waals surface area (Å²) in [5.41, 5.74) is 1.31. The first-order chi connectivity index (χ1) is 12.3. The van der Waals surface area contributed by atoms with Crippen LogP contribution < -0.4 is 10.0 Å². The van der Waals surface area contributed by atoms with Gasteiger partial charge < -0.3 is 15.0 Å². The lowest BCUT2D eigenvalue weighted by molar-refractivity contribution is -0.130. The molecule has 2 aliphatic heterocycles. The molecule has 1 unspecified atom stereocenters. The van der Waals surface area contributed by atoms with Crippen molar-refractivity contribution in [2.75, 3.05) is 31.6 Å². The van der Waals surface area contributed by atoms with Gasteiger partial charge in [0.25, 0.3) is 0 Å². The topological polar surface area (TPSA) is 105 Å². The summed E-state index contributed by atoms with van der Waals surface area (Å²) >= 11 is 0. The number of ether oxygens (including phenoxy) is 1. The van der Waals surface area contributed by atoms with Gasteiger partial charge in [-0.05, 0) is 36.6 Å². The van der Waals surface area contributed by atoms with Crippen LogP contribution in [0.5, 0.6) is 0 Å². The van der Waals surface area contributed by atoms with Crippen LogP contribution in [0.15, 0.2) is 23.1 Å². The predicted molar refractivity (Wildman–Crippen MR) is 95.2 cm³/mol. The summed E-state index contributed by atoms with van der Waals surface area (Å²) in [5.74, 6) is -0.254. The standard InChI is InChI=1S/C17H23N3O5S/c1-12(21)20(11-14-3-2-8-25-14)7-6-18-26(23,24)15-4-5-16-13(9-15)10-17(22)19-16/h4-5,9,14,18H,2-3,6-8,10-11H2,1H3,(H,19,22). The predicted octanol–water partition coefficient (Wildman–Crippen LogP) is 0.487. The maximum atomic E-state index is 12.5. The van der Waals surface area contributed by atoms with Gasteiger partial charge in [0.05, 0.1) is 17.4 Å². The summed E-state index contributed by atoms with van der Waals surface area (Å²) in [5, 5.41) is 2.67. The van der Waals surface area contributed by atoms with E-state index >= 15 is 0 Å². The first-order valence-electron chi connectivity index (χ1n) is 8.65. The number of anilines is 1. The first-order valence-corrected chi connectivity index (χ1v) is 10.1. The smallest absolute Gasteiger partial charge is 0.240 e. The van der Waals surface area contributed by atoms with Crippen LogP contribution >= 0.6 is 0 Å². The highest BCUT2D eigenvalue weighted by Crippen LogP contribution is 2.25. The summed E-state index contributed by atoms with van der Waals surface area (Å²) in [7, 11) is -3.71. The highest BCUT2D eigenvalue weighted by Gasteiger charge is 2.23. The van der Waals surface area contributed by atoms with Crippen LogP contribution in [0.1, 0.15) is 25.3 Å². The van der Waals surface area contributed by atoms with Gasteiger partial charge in [0.2, 0.25) is 21.8 Å². The lowest BCUT2D eigenvalue weighted by Crippen LogP contribution is -2.41. The van der Waals surface area contributed by atoms with Gasteiger partial charge in [0.15, 0.2) is 0 Å². The molecule has 2 aliphatic rings. The monoisotopic (exact) mass is 381 g/mol. The number of benzene rings is 1. The van der Waals surface area contributed by atoms with Crippen molar-refractivity contribution in [1.29, 1.82) is 0 Å². The zero-order chi connectivity index (χ0) is 18.7. The fourth-order valence-electron chi connectivity index (χ4n) is 3.18. The normalized spacial score (nSPS) is 19.3. The minimum atomic E-state index is -3.71. The Morgan fingerprint density at radius 1 is 1.42 bits per heavy atom. The van der Waals surface area contributed by atoms with Gasteiger partial charge in [0, 0.05) is 38.9 Å². The number of hydrogen-bond donors (Lipinski definition) is 2. The van der Waals surface area contributed by atoms with E-state index in [4.69, 9.17) is 4.74 Å². The van der Waals surface area contributed by atoms with Gasteiger partial charge in [-0.15, -0.1) is 0 Å². The lowest BCUT2D eigenvalue weighted by atomic mass is 10.2. The fourth-order valence-corrected chi connectivity index (χ4v) is 4.25. The van der Waals surface area contributed by atoms with E-state index in [1.54, 1.807) is 11.0 Å². The quantitative estimate of drug-likeness (QED) is 0.715. The van der Waals surface area contributed by atoms with E-state index in [1.807, 2.05) is 0 Å². The third-order valence-corrected chi connectivity index (χ3v) is 6.04. The molecule has 9 heteroatoms. The largest absolute Gasteiger partial charge is 0.376 e. The molecule has 2 heterocycles. The van der Waals surface area contributed by atoms with Gasteiger partial charge in [-0.2, -0.15) is 0 Å². The molecule has 8 nitrogen and oxygen atoms in total. The molecule has 3 rings (SSSR count). The number of rotatable bonds is 7. The van der Waals surface area contributed by atoms with Crippen LogP contribution in [0.25, 0.3) is 0 Å². The second kappa shape index (κ2) is 7.73. The van der Waals surface area contributed by atoms with Crippen molar-refractivity contribution in [1.82, 2.24) is 9.62 Å². The highest BCUT2D eigenvalue weighted by molar-refractivity contribution is 7.89.